The summed E-state index contributed by atoms with van der Waals surface area (Å²) in [4.78, 5) is 2.62. The molecule has 0 fully saturated rings. The van der Waals surface area contributed by atoms with Gasteiger partial charge in [0, 0.05) is 15.8 Å². The molecule has 108 valence electrons. The number of benzene rings is 1. The average molecular weight is 312 g/mol. The van der Waals surface area contributed by atoms with E-state index in [9.17, 15) is 4.39 Å². The molecule has 1 aromatic heterocycles. The van der Waals surface area contributed by atoms with Crippen LogP contribution in [0.15, 0.2) is 30.3 Å². The van der Waals surface area contributed by atoms with Gasteiger partial charge in [-0.25, -0.2) is 4.39 Å². The van der Waals surface area contributed by atoms with Crippen LogP contribution in [0.2, 0.25) is 5.02 Å². The molecule has 2 aromatic rings. The van der Waals surface area contributed by atoms with Crippen molar-refractivity contribution in [3.8, 4) is 0 Å². The molecule has 4 heteroatoms. The summed E-state index contributed by atoms with van der Waals surface area (Å²) in [7, 11) is 0. The first-order valence-electron chi connectivity index (χ1n) is 6.83. The van der Waals surface area contributed by atoms with Crippen molar-refractivity contribution < 1.29 is 4.39 Å². The molecule has 1 heterocycles. The first-order valence-corrected chi connectivity index (χ1v) is 8.03. The minimum Gasteiger partial charge on any atom is -0.309 e. The molecule has 0 aliphatic heterocycles. The molecule has 1 N–H and O–H groups in total. The molecule has 1 atom stereocenters. The highest BCUT2D eigenvalue weighted by Gasteiger charge is 2.14. The molecule has 2 rings (SSSR count). The summed E-state index contributed by atoms with van der Waals surface area (Å²) in [5, 5.41) is 3.75. The quantitative estimate of drug-likeness (QED) is 0.779. The van der Waals surface area contributed by atoms with Gasteiger partial charge < -0.3 is 5.32 Å². The van der Waals surface area contributed by atoms with Gasteiger partial charge in [-0.2, -0.15) is 0 Å². The summed E-state index contributed by atoms with van der Waals surface area (Å²) >= 11 is 7.66. The first-order chi connectivity index (χ1) is 9.60. The fourth-order valence-corrected chi connectivity index (χ4v) is 3.29. The number of hydrogen-bond donors (Lipinski definition) is 1. The molecule has 1 aromatic carbocycles. The Bertz CT molecular complexity index is 567. The number of hydrogen-bond acceptors (Lipinski definition) is 2. The summed E-state index contributed by atoms with van der Waals surface area (Å²) in [5.74, 6) is -0.361. The van der Waals surface area contributed by atoms with E-state index in [2.05, 4.69) is 31.3 Å². The maximum absolute atomic E-state index is 13.2. The predicted molar refractivity (Wildman–Crippen MR) is 85.2 cm³/mol. The van der Waals surface area contributed by atoms with Crippen LogP contribution in [0, 0.1) is 12.7 Å². The van der Waals surface area contributed by atoms with Gasteiger partial charge in [-0.05, 0) is 56.1 Å². The van der Waals surface area contributed by atoms with E-state index in [1.54, 1.807) is 17.4 Å². The molecule has 0 saturated heterocycles. The Morgan fingerprint density at radius 2 is 2.10 bits per heavy atom. The predicted octanol–water partition coefficient (Wildman–Crippen LogP) is 5.13. The van der Waals surface area contributed by atoms with Gasteiger partial charge in [-0.1, -0.05) is 24.6 Å². The lowest BCUT2D eigenvalue weighted by molar-refractivity contribution is 0.536. The second kappa shape index (κ2) is 7.21. The van der Waals surface area contributed by atoms with Crippen molar-refractivity contribution in [2.75, 3.05) is 6.54 Å². The summed E-state index contributed by atoms with van der Waals surface area (Å²) in [6.45, 7) is 5.23. The van der Waals surface area contributed by atoms with Gasteiger partial charge >= 0.3 is 0 Å². The van der Waals surface area contributed by atoms with Gasteiger partial charge in [0.15, 0.2) is 0 Å². The van der Waals surface area contributed by atoms with Gasteiger partial charge in [0.05, 0.1) is 5.02 Å². The third-order valence-electron chi connectivity index (χ3n) is 3.17. The van der Waals surface area contributed by atoms with E-state index in [1.165, 1.54) is 15.8 Å². The van der Waals surface area contributed by atoms with Gasteiger partial charge in [0.25, 0.3) is 0 Å². The van der Waals surface area contributed by atoms with Crippen LogP contribution >= 0.6 is 22.9 Å². The minimum absolute atomic E-state index is 0.194. The number of aryl methyl sites for hydroxylation is 1. The maximum atomic E-state index is 13.2. The Hall–Kier alpha value is -0.900. The Kier molecular flexibility index (Phi) is 5.58. The number of halogens is 2. The van der Waals surface area contributed by atoms with Crippen molar-refractivity contribution >= 4 is 22.9 Å². The smallest absolute Gasteiger partial charge is 0.141 e. The van der Waals surface area contributed by atoms with Gasteiger partial charge in [-0.3, -0.25) is 0 Å². The van der Waals surface area contributed by atoms with Crippen LogP contribution in [0.5, 0.6) is 0 Å². The van der Waals surface area contributed by atoms with Crippen LogP contribution in [-0.2, 0) is 6.42 Å². The third-order valence-corrected chi connectivity index (χ3v) is 4.57. The lowest BCUT2D eigenvalue weighted by atomic mass is 10.0. The second-order valence-electron chi connectivity index (χ2n) is 4.91. The highest BCUT2D eigenvalue weighted by Crippen LogP contribution is 2.27. The number of thiophene rings is 1. The summed E-state index contributed by atoms with van der Waals surface area (Å²) in [6, 6.07) is 9.53. The van der Waals surface area contributed by atoms with E-state index in [0.29, 0.717) is 0 Å². The Balaban J connectivity index is 2.16. The SMILES string of the molecule is CCCNC(Cc1ccc(F)c(Cl)c1)c1ccc(C)s1. The van der Waals surface area contributed by atoms with E-state index in [4.69, 9.17) is 11.6 Å². The van der Waals surface area contributed by atoms with Crippen molar-refractivity contribution in [3.63, 3.8) is 0 Å². The van der Waals surface area contributed by atoms with Crippen molar-refractivity contribution in [2.24, 2.45) is 0 Å². The van der Waals surface area contributed by atoms with Crippen LogP contribution in [0.3, 0.4) is 0 Å². The third kappa shape index (κ3) is 4.05. The molecule has 1 unspecified atom stereocenters. The molecule has 0 radical (unpaired) electrons. The van der Waals surface area contributed by atoms with Crippen molar-refractivity contribution in [3.05, 3.63) is 56.5 Å². The fraction of sp³-hybridized carbons (Fsp3) is 0.375. The zero-order valence-electron chi connectivity index (χ0n) is 11.7. The molecule has 0 amide bonds. The molecule has 0 aliphatic rings. The number of rotatable bonds is 6. The molecular weight excluding hydrogens is 293 g/mol. The van der Waals surface area contributed by atoms with Crippen LogP contribution in [-0.4, -0.2) is 6.54 Å². The lowest BCUT2D eigenvalue weighted by Crippen LogP contribution is -2.23. The lowest BCUT2D eigenvalue weighted by Gasteiger charge is -2.17. The highest BCUT2D eigenvalue weighted by molar-refractivity contribution is 7.12. The molecule has 0 saturated carbocycles. The summed E-state index contributed by atoms with van der Waals surface area (Å²) in [6.07, 6.45) is 1.91. The van der Waals surface area contributed by atoms with Crippen molar-refractivity contribution in [1.29, 1.82) is 0 Å². The van der Waals surface area contributed by atoms with Gasteiger partial charge in [0.2, 0.25) is 0 Å². The Labute approximate surface area is 128 Å². The zero-order chi connectivity index (χ0) is 14.5. The standard InChI is InChI=1S/C16H19ClFNS/c1-3-8-19-15(16-7-4-11(2)20-16)10-12-5-6-14(18)13(17)9-12/h4-7,9,15,19H,3,8,10H2,1-2H3. The van der Waals surface area contributed by atoms with Crippen LogP contribution in [0.1, 0.15) is 34.7 Å². The molecular formula is C16H19ClFNS. The molecule has 0 bridgehead atoms. The van der Waals surface area contributed by atoms with Crippen LogP contribution in [0.25, 0.3) is 0 Å². The molecule has 0 aliphatic carbocycles. The highest BCUT2D eigenvalue weighted by atomic mass is 35.5. The topological polar surface area (TPSA) is 12.0 Å². The first kappa shape index (κ1) is 15.5. The number of nitrogens with one attached hydrogen (secondary N) is 1. The van der Waals surface area contributed by atoms with E-state index in [1.807, 2.05) is 6.07 Å². The van der Waals surface area contributed by atoms with Gasteiger partial charge in [0.1, 0.15) is 5.82 Å². The largest absolute Gasteiger partial charge is 0.309 e. The van der Waals surface area contributed by atoms with Gasteiger partial charge in [-0.15, -0.1) is 11.3 Å². The van der Waals surface area contributed by atoms with Crippen LogP contribution in [0.4, 0.5) is 4.39 Å². The maximum Gasteiger partial charge on any atom is 0.141 e. The van der Waals surface area contributed by atoms with Crippen molar-refractivity contribution in [2.45, 2.75) is 32.7 Å². The Morgan fingerprint density at radius 1 is 1.30 bits per heavy atom. The van der Waals surface area contributed by atoms with Crippen molar-refractivity contribution in [1.82, 2.24) is 5.32 Å². The summed E-state index contributed by atoms with van der Waals surface area (Å²) < 4.78 is 13.2. The van der Waals surface area contributed by atoms with E-state index in [0.717, 1.165) is 24.9 Å². The minimum atomic E-state index is -0.361. The summed E-state index contributed by atoms with van der Waals surface area (Å²) in [5.41, 5.74) is 1.05. The van der Waals surface area contributed by atoms with E-state index >= 15 is 0 Å². The molecule has 1 nitrogen and oxygen atoms in total. The molecule has 20 heavy (non-hydrogen) atoms. The van der Waals surface area contributed by atoms with Crippen LogP contribution < -0.4 is 5.32 Å². The van der Waals surface area contributed by atoms with E-state index in [-0.39, 0.29) is 16.9 Å². The zero-order valence-corrected chi connectivity index (χ0v) is 13.3. The Morgan fingerprint density at radius 3 is 2.70 bits per heavy atom. The average Bonchev–Trinajstić information content (AvgIpc) is 2.85. The second-order valence-corrected chi connectivity index (χ2v) is 6.63. The normalized spacial score (nSPS) is 12.6. The monoisotopic (exact) mass is 311 g/mol. The van der Waals surface area contributed by atoms with E-state index < -0.39 is 0 Å². The fourth-order valence-electron chi connectivity index (χ4n) is 2.13. The molecule has 0 spiro atoms.